The molecule has 3 aromatic carbocycles. The van der Waals surface area contributed by atoms with Gasteiger partial charge in [0.05, 0.1) is 7.11 Å². The molecule has 0 saturated heterocycles. The van der Waals surface area contributed by atoms with Gasteiger partial charge in [0.2, 0.25) is 0 Å². The minimum absolute atomic E-state index is 0.379. The van der Waals surface area contributed by atoms with Crippen LogP contribution in [-0.4, -0.2) is 13.2 Å². The Kier molecular flexibility index (Phi) is 8.18. The van der Waals surface area contributed by atoms with Gasteiger partial charge in [-0.15, -0.1) is 0 Å². The number of methoxy groups -OCH3 is 1. The van der Waals surface area contributed by atoms with Crippen LogP contribution in [0.1, 0.15) is 35.6 Å². The van der Waals surface area contributed by atoms with E-state index in [1.54, 1.807) is 7.11 Å². The summed E-state index contributed by atoms with van der Waals surface area (Å²) in [5.41, 5.74) is 4.70. The maximum atomic E-state index is 6.54. The Hall–Kier alpha value is -2.49. The van der Waals surface area contributed by atoms with Gasteiger partial charge in [0.15, 0.2) is 11.5 Å². The van der Waals surface area contributed by atoms with Crippen molar-refractivity contribution >= 4 is 11.6 Å². The summed E-state index contributed by atoms with van der Waals surface area (Å²) < 4.78 is 11.5. The molecule has 0 bridgehead atoms. The second kappa shape index (κ2) is 11.1. The van der Waals surface area contributed by atoms with Crippen molar-refractivity contribution in [3.63, 3.8) is 0 Å². The van der Waals surface area contributed by atoms with Gasteiger partial charge in [0.1, 0.15) is 6.61 Å². The Morgan fingerprint density at radius 1 is 0.933 bits per heavy atom. The van der Waals surface area contributed by atoms with E-state index < -0.39 is 0 Å². The van der Waals surface area contributed by atoms with Crippen molar-refractivity contribution in [2.45, 2.75) is 45.9 Å². The molecule has 30 heavy (non-hydrogen) atoms. The molecule has 0 radical (unpaired) electrons. The van der Waals surface area contributed by atoms with Crippen LogP contribution < -0.4 is 14.8 Å². The van der Waals surface area contributed by atoms with Gasteiger partial charge in [-0.1, -0.05) is 71.8 Å². The first-order valence-corrected chi connectivity index (χ1v) is 10.7. The van der Waals surface area contributed by atoms with E-state index >= 15 is 0 Å². The van der Waals surface area contributed by atoms with Gasteiger partial charge in [0, 0.05) is 23.7 Å². The van der Waals surface area contributed by atoms with Crippen molar-refractivity contribution in [3.05, 3.63) is 94.0 Å². The number of rotatable bonds is 10. The Morgan fingerprint density at radius 3 is 2.37 bits per heavy atom. The van der Waals surface area contributed by atoms with Gasteiger partial charge in [-0.2, -0.15) is 0 Å². The summed E-state index contributed by atoms with van der Waals surface area (Å²) in [5, 5.41) is 4.24. The predicted molar refractivity (Wildman–Crippen MR) is 125 cm³/mol. The first-order valence-electron chi connectivity index (χ1n) is 10.4. The van der Waals surface area contributed by atoms with E-state index in [4.69, 9.17) is 21.1 Å². The fourth-order valence-electron chi connectivity index (χ4n) is 3.24. The molecule has 0 aromatic heterocycles. The molecule has 0 heterocycles. The van der Waals surface area contributed by atoms with E-state index in [0.717, 1.165) is 24.0 Å². The molecule has 0 fully saturated rings. The predicted octanol–water partition coefficient (Wildman–Crippen LogP) is 6.35. The third-order valence-corrected chi connectivity index (χ3v) is 5.55. The van der Waals surface area contributed by atoms with Crippen molar-refractivity contribution in [3.8, 4) is 11.5 Å². The van der Waals surface area contributed by atoms with Crippen LogP contribution in [-0.2, 0) is 19.6 Å². The molecule has 0 aliphatic heterocycles. The lowest BCUT2D eigenvalue weighted by Gasteiger charge is -2.17. The largest absolute Gasteiger partial charge is 0.493 e. The highest BCUT2D eigenvalue weighted by Gasteiger charge is 2.12. The average Bonchev–Trinajstić information content (AvgIpc) is 2.77. The number of hydrogen-bond acceptors (Lipinski definition) is 3. The van der Waals surface area contributed by atoms with E-state index in [0.29, 0.717) is 35.7 Å². The van der Waals surface area contributed by atoms with Crippen LogP contribution in [0.15, 0.2) is 66.7 Å². The summed E-state index contributed by atoms with van der Waals surface area (Å²) in [6, 6.07) is 23.0. The highest BCUT2D eigenvalue weighted by atomic mass is 35.5. The molecular weight excluding hydrogens is 394 g/mol. The van der Waals surface area contributed by atoms with Crippen LogP contribution in [0, 0.1) is 6.92 Å². The van der Waals surface area contributed by atoms with Gasteiger partial charge in [-0.05, 0) is 49.4 Å². The lowest BCUT2D eigenvalue weighted by atomic mass is 10.1. The van der Waals surface area contributed by atoms with Crippen LogP contribution in [0.3, 0.4) is 0 Å². The number of ether oxygens (including phenoxy) is 2. The summed E-state index contributed by atoms with van der Waals surface area (Å²) in [4.78, 5) is 0. The van der Waals surface area contributed by atoms with Crippen molar-refractivity contribution in [1.82, 2.24) is 5.32 Å². The SMILES string of the molecule is COc1cc(CNC(C)CCc2ccccc2)c(Cl)cc1OCc1ccc(C)cc1. The molecule has 0 saturated carbocycles. The summed E-state index contributed by atoms with van der Waals surface area (Å²) in [6.07, 6.45) is 2.12. The topological polar surface area (TPSA) is 30.5 Å². The summed E-state index contributed by atoms with van der Waals surface area (Å²) >= 11 is 6.54. The number of aryl methyl sites for hydroxylation is 2. The molecule has 158 valence electrons. The maximum Gasteiger partial charge on any atom is 0.163 e. The van der Waals surface area contributed by atoms with Gasteiger partial charge in [0.25, 0.3) is 0 Å². The van der Waals surface area contributed by atoms with Gasteiger partial charge >= 0.3 is 0 Å². The Morgan fingerprint density at radius 2 is 1.67 bits per heavy atom. The lowest BCUT2D eigenvalue weighted by molar-refractivity contribution is 0.284. The van der Waals surface area contributed by atoms with Crippen LogP contribution in [0.25, 0.3) is 0 Å². The molecule has 3 aromatic rings. The number of halogens is 1. The smallest absolute Gasteiger partial charge is 0.163 e. The fraction of sp³-hybridized carbons (Fsp3) is 0.308. The molecule has 3 nitrogen and oxygen atoms in total. The first kappa shape index (κ1) is 22.2. The lowest BCUT2D eigenvalue weighted by Crippen LogP contribution is -2.26. The third kappa shape index (κ3) is 6.51. The normalized spacial score (nSPS) is 11.9. The standard InChI is InChI=1S/C26H30ClNO2/c1-19-9-12-22(13-10-19)18-30-26-16-24(27)23(15-25(26)29-3)17-28-20(2)11-14-21-7-5-4-6-8-21/h4-10,12-13,15-16,20,28H,11,14,17-18H2,1-3H3. The highest BCUT2D eigenvalue weighted by Crippen LogP contribution is 2.34. The number of hydrogen-bond donors (Lipinski definition) is 1. The van der Waals surface area contributed by atoms with Crippen molar-refractivity contribution in [2.24, 2.45) is 0 Å². The number of benzene rings is 3. The zero-order valence-electron chi connectivity index (χ0n) is 18.0. The Bertz CT molecular complexity index is 926. The molecule has 0 aliphatic rings. The van der Waals surface area contributed by atoms with Crippen molar-refractivity contribution in [2.75, 3.05) is 7.11 Å². The average molecular weight is 424 g/mol. The van der Waals surface area contributed by atoms with Crippen LogP contribution >= 0.6 is 11.6 Å². The minimum Gasteiger partial charge on any atom is -0.493 e. The minimum atomic E-state index is 0.379. The molecule has 1 N–H and O–H groups in total. The highest BCUT2D eigenvalue weighted by molar-refractivity contribution is 6.31. The Labute approximate surface area is 185 Å². The molecule has 4 heteroatoms. The van der Waals surface area contributed by atoms with Crippen LogP contribution in [0.4, 0.5) is 0 Å². The van der Waals surface area contributed by atoms with E-state index in [9.17, 15) is 0 Å². The first-order chi connectivity index (χ1) is 14.5. The van der Waals surface area contributed by atoms with Gasteiger partial charge in [-0.25, -0.2) is 0 Å². The van der Waals surface area contributed by atoms with Gasteiger partial charge in [-0.3, -0.25) is 0 Å². The summed E-state index contributed by atoms with van der Waals surface area (Å²) in [5.74, 6) is 1.35. The molecule has 0 aliphatic carbocycles. The quantitative estimate of drug-likeness (QED) is 0.412. The maximum absolute atomic E-state index is 6.54. The second-order valence-electron chi connectivity index (χ2n) is 7.67. The summed E-state index contributed by atoms with van der Waals surface area (Å²) in [6.45, 7) is 5.43. The fourth-order valence-corrected chi connectivity index (χ4v) is 3.46. The molecule has 1 atom stereocenters. The zero-order chi connectivity index (χ0) is 21.3. The van der Waals surface area contributed by atoms with E-state index in [1.807, 2.05) is 12.1 Å². The molecule has 0 spiro atoms. The number of nitrogens with one attached hydrogen (secondary N) is 1. The van der Waals surface area contributed by atoms with E-state index in [2.05, 4.69) is 73.8 Å². The van der Waals surface area contributed by atoms with Gasteiger partial charge < -0.3 is 14.8 Å². The molecular formula is C26H30ClNO2. The van der Waals surface area contributed by atoms with E-state index in [1.165, 1.54) is 11.1 Å². The third-order valence-electron chi connectivity index (χ3n) is 5.20. The van der Waals surface area contributed by atoms with Crippen LogP contribution in [0.5, 0.6) is 11.5 Å². The second-order valence-corrected chi connectivity index (χ2v) is 8.08. The Balaban J connectivity index is 1.56. The van der Waals surface area contributed by atoms with E-state index in [-0.39, 0.29) is 0 Å². The van der Waals surface area contributed by atoms with Crippen molar-refractivity contribution < 1.29 is 9.47 Å². The van der Waals surface area contributed by atoms with Crippen LogP contribution in [0.2, 0.25) is 5.02 Å². The molecule has 3 rings (SSSR count). The zero-order valence-corrected chi connectivity index (χ0v) is 18.7. The van der Waals surface area contributed by atoms with Crippen molar-refractivity contribution in [1.29, 1.82) is 0 Å². The molecule has 1 unspecified atom stereocenters. The molecule has 0 amide bonds. The summed E-state index contributed by atoms with van der Waals surface area (Å²) in [7, 11) is 1.65. The monoisotopic (exact) mass is 423 g/mol.